The summed E-state index contributed by atoms with van der Waals surface area (Å²) in [6.07, 6.45) is 0. The summed E-state index contributed by atoms with van der Waals surface area (Å²) in [5.74, 6) is 1.14. The average molecular weight is 289 g/mol. The largest absolute Gasteiger partial charge is 0.493 e. The van der Waals surface area contributed by atoms with E-state index in [2.05, 4.69) is 5.32 Å². The Bertz CT molecular complexity index is 601. The molecular weight excluding hydrogens is 269 g/mol. The van der Waals surface area contributed by atoms with Crippen LogP contribution in [0.2, 0.25) is 0 Å². The second-order valence-electron chi connectivity index (χ2n) is 4.69. The van der Waals surface area contributed by atoms with Crippen molar-refractivity contribution in [3.05, 3.63) is 53.8 Å². The van der Waals surface area contributed by atoms with Gasteiger partial charge in [-0.25, -0.2) is 4.39 Å². The maximum absolute atomic E-state index is 13.8. The zero-order valence-corrected chi connectivity index (χ0v) is 12.5. The molecule has 2 aromatic carbocycles. The van der Waals surface area contributed by atoms with Crippen LogP contribution in [0.3, 0.4) is 0 Å². The lowest BCUT2D eigenvalue weighted by Gasteiger charge is -2.18. The standard InChI is InChI=1S/C17H20FNO2/c1-4-21-17-11-13(9-10-16(17)20-3)19-12(2)14-7-5-6-8-15(14)18/h5-12,19H,4H2,1-3H3. The summed E-state index contributed by atoms with van der Waals surface area (Å²) in [6.45, 7) is 4.40. The molecule has 0 aromatic heterocycles. The highest BCUT2D eigenvalue weighted by molar-refractivity contribution is 5.55. The predicted octanol–water partition coefficient (Wildman–Crippen LogP) is 4.41. The Labute approximate surface area is 124 Å². The number of methoxy groups -OCH3 is 1. The van der Waals surface area contributed by atoms with Crippen LogP contribution in [0, 0.1) is 5.82 Å². The summed E-state index contributed by atoms with van der Waals surface area (Å²) in [7, 11) is 1.60. The molecular formula is C17H20FNO2. The molecule has 0 fully saturated rings. The van der Waals surface area contributed by atoms with E-state index in [4.69, 9.17) is 9.47 Å². The minimum absolute atomic E-state index is 0.144. The quantitative estimate of drug-likeness (QED) is 0.854. The third kappa shape index (κ3) is 3.66. The van der Waals surface area contributed by atoms with E-state index >= 15 is 0 Å². The molecule has 0 aliphatic rings. The Hall–Kier alpha value is -2.23. The third-order valence-corrected chi connectivity index (χ3v) is 3.22. The molecule has 112 valence electrons. The molecule has 2 aromatic rings. The number of nitrogens with one attached hydrogen (secondary N) is 1. The van der Waals surface area contributed by atoms with Gasteiger partial charge in [0, 0.05) is 17.3 Å². The van der Waals surface area contributed by atoms with Gasteiger partial charge in [-0.1, -0.05) is 18.2 Å². The van der Waals surface area contributed by atoms with E-state index in [1.54, 1.807) is 19.2 Å². The van der Waals surface area contributed by atoms with Crippen molar-refractivity contribution in [1.29, 1.82) is 0 Å². The van der Waals surface area contributed by atoms with Crippen molar-refractivity contribution in [1.82, 2.24) is 0 Å². The van der Waals surface area contributed by atoms with Crippen LogP contribution in [0.15, 0.2) is 42.5 Å². The average Bonchev–Trinajstić information content (AvgIpc) is 2.48. The van der Waals surface area contributed by atoms with Gasteiger partial charge in [0.2, 0.25) is 0 Å². The SMILES string of the molecule is CCOc1cc(NC(C)c2ccccc2F)ccc1OC. The number of anilines is 1. The van der Waals surface area contributed by atoms with Gasteiger partial charge in [0.1, 0.15) is 5.82 Å². The molecule has 0 aliphatic carbocycles. The Kier molecular flexibility index (Phi) is 5.04. The molecule has 0 amide bonds. The van der Waals surface area contributed by atoms with Gasteiger partial charge in [-0.3, -0.25) is 0 Å². The van der Waals surface area contributed by atoms with Gasteiger partial charge in [-0.15, -0.1) is 0 Å². The van der Waals surface area contributed by atoms with Crippen molar-refractivity contribution in [2.75, 3.05) is 19.0 Å². The fourth-order valence-electron chi connectivity index (χ4n) is 2.19. The number of hydrogen-bond acceptors (Lipinski definition) is 3. The smallest absolute Gasteiger partial charge is 0.163 e. The van der Waals surface area contributed by atoms with Gasteiger partial charge < -0.3 is 14.8 Å². The number of hydrogen-bond donors (Lipinski definition) is 1. The lowest BCUT2D eigenvalue weighted by molar-refractivity contribution is 0.311. The van der Waals surface area contributed by atoms with Crippen LogP contribution in [-0.2, 0) is 0 Å². The van der Waals surface area contributed by atoms with E-state index in [0.717, 1.165) is 5.69 Å². The molecule has 3 nitrogen and oxygen atoms in total. The molecule has 0 spiro atoms. The molecule has 1 unspecified atom stereocenters. The van der Waals surface area contributed by atoms with Crippen molar-refractivity contribution in [3.63, 3.8) is 0 Å². The monoisotopic (exact) mass is 289 g/mol. The molecule has 0 bridgehead atoms. The molecule has 21 heavy (non-hydrogen) atoms. The Morgan fingerprint density at radius 2 is 1.90 bits per heavy atom. The summed E-state index contributed by atoms with van der Waals surface area (Å²) < 4.78 is 24.6. The van der Waals surface area contributed by atoms with Gasteiger partial charge >= 0.3 is 0 Å². The number of benzene rings is 2. The Morgan fingerprint density at radius 3 is 2.57 bits per heavy atom. The highest BCUT2D eigenvalue weighted by atomic mass is 19.1. The Morgan fingerprint density at radius 1 is 1.14 bits per heavy atom. The lowest BCUT2D eigenvalue weighted by Crippen LogP contribution is -2.08. The van der Waals surface area contributed by atoms with Crippen LogP contribution in [0.25, 0.3) is 0 Å². The van der Waals surface area contributed by atoms with Gasteiger partial charge in [0.25, 0.3) is 0 Å². The first-order valence-electron chi connectivity index (χ1n) is 6.97. The molecule has 0 heterocycles. The van der Waals surface area contributed by atoms with Crippen LogP contribution in [0.1, 0.15) is 25.5 Å². The van der Waals surface area contributed by atoms with Gasteiger partial charge in [-0.05, 0) is 32.0 Å². The minimum atomic E-state index is -0.212. The maximum Gasteiger partial charge on any atom is 0.163 e. The molecule has 0 radical (unpaired) electrons. The molecule has 4 heteroatoms. The minimum Gasteiger partial charge on any atom is -0.493 e. The van der Waals surface area contributed by atoms with Crippen LogP contribution in [-0.4, -0.2) is 13.7 Å². The molecule has 0 saturated carbocycles. The fourth-order valence-corrected chi connectivity index (χ4v) is 2.19. The van der Waals surface area contributed by atoms with E-state index < -0.39 is 0 Å². The van der Waals surface area contributed by atoms with Gasteiger partial charge in [0.15, 0.2) is 11.5 Å². The lowest BCUT2D eigenvalue weighted by atomic mass is 10.1. The van der Waals surface area contributed by atoms with E-state index in [0.29, 0.717) is 23.7 Å². The van der Waals surface area contributed by atoms with Crippen LogP contribution >= 0.6 is 0 Å². The number of ether oxygens (including phenoxy) is 2. The van der Waals surface area contributed by atoms with Gasteiger partial charge in [-0.2, -0.15) is 0 Å². The van der Waals surface area contributed by atoms with Crippen LogP contribution < -0.4 is 14.8 Å². The summed E-state index contributed by atoms with van der Waals surface area (Å²) in [5.41, 5.74) is 1.49. The second kappa shape index (κ2) is 6.97. The summed E-state index contributed by atoms with van der Waals surface area (Å²) in [6, 6.07) is 12.2. The molecule has 0 aliphatic heterocycles. The molecule has 2 rings (SSSR count). The van der Waals surface area contributed by atoms with E-state index in [1.807, 2.05) is 38.1 Å². The first-order valence-corrected chi connectivity index (χ1v) is 6.97. The van der Waals surface area contributed by atoms with E-state index in [9.17, 15) is 4.39 Å². The Balaban J connectivity index is 2.19. The second-order valence-corrected chi connectivity index (χ2v) is 4.69. The molecule has 1 atom stereocenters. The topological polar surface area (TPSA) is 30.5 Å². The zero-order valence-electron chi connectivity index (χ0n) is 12.5. The summed E-state index contributed by atoms with van der Waals surface area (Å²) >= 11 is 0. The number of rotatable bonds is 6. The van der Waals surface area contributed by atoms with Crippen molar-refractivity contribution >= 4 is 5.69 Å². The van der Waals surface area contributed by atoms with Crippen molar-refractivity contribution in [2.45, 2.75) is 19.9 Å². The molecule has 1 N–H and O–H groups in total. The highest BCUT2D eigenvalue weighted by Crippen LogP contribution is 2.32. The van der Waals surface area contributed by atoms with Crippen molar-refractivity contribution in [2.24, 2.45) is 0 Å². The first kappa shape index (κ1) is 15.2. The summed E-state index contributed by atoms with van der Waals surface area (Å²) in [4.78, 5) is 0. The van der Waals surface area contributed by atoms with Crippen molar-refractivity contribution < 1.29 is 13.9 Å². The first-order chi connectivity index (χ1) is 10.2. The van der Waals surface area contributed by atoms with Gasteiger partial charge in [0.05, 0.1) is 19.8 Å². The van der Waals surface area contributed by atoms with Crippen LogP contribution in [0.4, 0.5) is 10.1 Å². The third-order valence-electron chi connectivity index (χ3n) is 3.22. The summed E-state index contributed by atoms with van der Waals surface area (Å²) in [5, 5.41) is 3.27. The maximum atomic E-state index is 13.8. The van der Waals surface area contributed by atoms with E-state index in [1.165, 1.54) is 6.07 Å². The normalized spacial score (nSPS) is 11.8. The fraction of sp³-hybridized carbons (Fsp3) is 0.294. The highest BCUT2D eigenvalue weighted by Gasteiger charge is 2.11. The zero-order chi connectivity index (χ0) is 15.2. The van der Waals surface area contributed by atoms with E-state index in [-0.39, 0.29) is 11.9 Å². The molecule has 0 saturated heterocycles. The van der Waals surface area contributed by atoms with Crippen LogP contribution in [0.5, 0.6) is 11.5 Å². The number of halogens is 1. The van der Waals surface area contributed by atoms with Crippen molar-refractivity contribution in [3.8, 4) is 11.5 Å². The predicted molar refractivity (Wildman–Crippen MR) is 82.6 cm³/mol.